The summed E-state index contributed by atoms with van der Waals surface area (Å²) in [4.78, 5) is 12.4. The zero-order chi connectivity index (χ0) is 15.2. The smallest absolute Gasteiger partial charge is 0.411 e. The molecule has 0 bridgehead atoms. The summed E-state index contributed by atoms with van der Waals surface area (Å²) < 4.78 is 16.7. The van der Waals surface area contributed by atoms with Crippen molar-refractivity contribution in [3.63, 3.8) is 0 Å². The molecule has 1 N–H and O–H groups in total. The van der Waals surface area contributed by atoms with Crippen LogP contribution in [0.25, 0.3) is 0 Å². The minimum Gasteiger partial charge on any atom is -0.444 e. The van der Waals surface area contributed by atoms with Crippen molar-refractivity contribution < 1.29 is 13.7 Å². The van der Waals surface area contributed by atoms with Gasteiger partial charge < -0.3 is 4.74 Å². The van der Waals surface area contributed by atoms with Gasteiger partial charge in [0.25, 0.3) is 0 Å². The van der Waals surface area contributed by atoms with E-state index in [0.717, 1.165) is 5.56 Å². The van der Waals surface area contributed by atoms with E-state index >= 15 is 0 Å². The molecule has 0 aliphatic carbocycles. The highest BCUT2D eigenvalue weighted by Crippen LogP contribution is 2.16. The molecule has 0 aliphatic heterocycles. The Kier molecular flexibility index (Phi) is 5.36. The summed E-state index contributed by atoms with van der Waals surface area (Å²) in [6.45, 7) is 0.0577. The molecule has 21 heavy (non-hydrogen) atoms. The maximum absolute atomic E-state index is 11.7. The lowest BCUT2D eigenvalue weighted by atomic mass is 10.2. The van der Waals surface area contributed by atoms with Crippen LogP contribution in [0.5, 0.6) is 0 Å². The van der Waals surface area contributed by atoms with Crippen molar-refractivity contribution in [1.29, 1.82) is 0 Å². The van der Waals surface area contributed by atoms with Crippen molar-refractivity contribution in [3.05, 3.63) is 59.1 Å². The van der Waals surface area contributed by atoms with Crippen LogP contribution in [-0.2, 0) is 22.1 Å². The Morgan fingerprint density at radius 3 is 2.71 bits per heavy atom. The van der Waals surface area contributed by atoms with E-state index in [0.29, 0.717) is 15.6 Å². The summed E-state index contributed by atoms with van der Waals surface area (Å²) >= 11 is 5.83. The minimum atomic E-state index is -1.13. The molecule has 2 rings (SSSR count). The van der Waals surface area contributed by atoms with Gasteiger partial charge in [-0.2, -0.15) is 0 Å². The summed E-state index contributed by atoms with van der Waals surface area (Å²) in [6, 6.07) is 13.9. The van der Waals surface area contributed by atoms with Gasteiger partial charge >= 0.3 is 6.09 Å². The number of amides is 1. The molecule has 0 aromatic heterocycles. The van der Waals surface area contributed by atoms with E-state index in [1.165, 1.54) is 0 Å². The van der Waals surface area contributed by atoms with Gasteiger partial charge in [-0.15, -0.1) is 0 Å². The first-order valence-electron chi connectivity index (χ1n) is 6.17. The van der Waals surface area contributed by atoms with Crippen LogP contribution in [0.15, 0.2) is 53.4 Å². The SMILES string of the molecule is C[S@@](=O)c1ccccc1COC(=O)Nc1cccc(Cl)c1. The Bertz CT molecular complexity index is 675. The first kappa shape index (κ1) is 15.5. The first-order valence-corrected chi connectivity index (χ1v) is 8.10. The molecule has 4 nitrogen and oxygen atoms in total. The average Bonchev–Trinajstić information content (AvgIpc) is 2.45. The van der Waals surface area contributed by atoms with Gasteiger partial charge in [0.15, 0.2) is 0 Å². The van der Waals surface area contributed by atoms with Crippen LogP contribution in [-0.4, -0.2) is 16.6 Å². The number of nitrogens with one attached hydrogen (secondary N) is 1. The molecule has 0 heterocycles. The van der Waals surface area contributed by atoms with E-state index in [-0.39, 0.29) is 6.61 Å². The molecule has 0 fully saturated rings. The van der Waals surface area contributed by atoms with E-state index < -0.39 is 16.9 Å². The van der Waals surface area contributed by atoms with Crippen molar-refractivity contribution >= 4 is 34.2 Å². The Labute approximate surface area is 130 Å². The minimum absolute atomic E-state index is 0.0577. The van der Waals surface area contributed by atoms with Crippen molar-refractivity contribution in [2.75, 3.05) is 11.6 Å². The highest BCUT2D eigenvalue weighted by molar-refractivity contribution is 7.84. The van der Waals surface area contributed by atoms with Crippen molar-refractivity contribution in [1.82, 2.24) is 0 Å². The molecule has 0 aliphatic rings. The molecule has 1 amide bonds. The van der Waals surface area contributed by atoms with E-state index in [9.17, 15) is 9.00 Å². The quantitative estimate of drug-likeness (QED) is 0.930. The maximum atomic E-state index is 11.7. The van der Waals surface area contributed by atoms with Crippen LogP contribution in [0.4, 0.5) is 10.5 Å². The molecule has 0 unspecified atom stereocenters. The fraction of sp³-hybridized carbons (Fsp3) is 0.133. The third kappa shape index (κ3) is 4.58. The molecule has 0 saturated carbocycles. The Hall–Kier alpha value is -1.85. The van der Waals surface area contributed by atoms with Crippen LogP contribution in [0.1, 0.15) is 5.56 Å². The number of carbonyl (C=O) groups is 1. The highest BCUT2D eigenvalue weighted by Gasteiger charge is 2.09. The number of rotatable bonds is 4. The van der Waals surface area contributed by atoms with Crippen molar-refractivity contribution in [2.45, 2.75) is 11.5 Å². The van der Waals surface area contributed by atoms with Gasteiger partial charge in [0.05, 0.1) is 10.8 Å². The van der Waals surface area contributed by atoms with Gasteiger partial charge in [0.2, 0.25) is 0 Å². The number of hydrogen-bond donors (Lipinski definition) is 1. The maximum Gasteiger partial charge on any atom is 0.411 e. The van der Waals surface area contributed by atoms with E-state index in [4.69, 9.17) is 16.3 Å². The summed E-state index contributed by atoms with van der Waals surface area (Å²) in [5.41, 5.74) is 1.28. The molecule has 0 spiro atoms. The van der Waals surface area contributed by atoms with E-state index in [1.54, 1.807) is 48.7 Å². The van der Waals surface area contributed by atoms with Crippen molar-refractivity contribution in [3.8, 4) is 0 Å². The first-order chi connectivity index (χ1) is 10.1. The van der Waals surface area contributed by atoms with Gasteiger partial charge in [-0.3, -0.25) is 9.53 Å². The van der Waals surface area contributed by atoms with E-state index in [2.05, 4.69) is 5.32 Å². The standard InChI is InChI=1S/C15H14ClNO3S/c1-21(19)14-8-3-2-5-11(14)10-20-15(18)17-13-7-4-6-12(16)9-13/h2-9H,10H2,1H3,(H,17,18)/t21-/m1/s1. The number of anilines is 1. The lowest BCUT2D eigenvalue weighted by Crippen LogP contribution is -2.14. The molecule has 110 valence electrons. The van der Waals surface area contributed by atoms with Gasteiger partial charge in [-0.05, 0) is 24.3 Å². The molecular weight excluding hydrogens is 310 g/mol. The second-order valence-corrected chi connectivity index (χ2v) is 6.06. The van der Waals surface area contributed by atoms with Crippen LogP contribution in [0.2, 0.25) is 5.02 Å². The monoisotopic (exact) mass is 323 g/mol. The Morgan fingerprint density at radius 2 is 2.00 bits per heavy atom. The molecule has 2 aromatic carbocycles. The predicted octanol–water partition coefficient (Wildman–Crippen LogP) is 3.83. The molecular formula is C15H14ClNO3S. The second kappa shape index (κ2) is 7.24. The third-order valence-electron chi connectivity index (χ3n) is 2.71. The van der Waals surface area contributed by atoms with Gasteiger partial charge in [-0.1, -0.05) is 35.9 Å². The summed E-state index contributed by atoms with van der Waals surface area (Å²) in [5.74, 6) is 0. The predicted molar refractivity (Wildman–Crippen MR) is 84.0 cm³/mol. The fourth-order valence-corrected chi connectivity index (χ4v) is 2.72. The lowest BCUT2D eigenvalue weighted by Gasteiger charge is -2.09. The van der Waals surface area contributed by atoms with Crippen LogP contribution < -0.4 is 5.32 Å². The van der Waals surface area contributed by atoms with E-state index in [1.807, 2.05) is 6.07 Å². The Morgan fingerprint density at radius 1 is 1.24 bits per heavy atom. The number of hydrogen-bond acceptors (Lipinski definition) is 3. The zero-order valence-electron chi connectivity index (χ0n) is 11.3. The fourth-order valence-electron chi connectivity index (χ4n) is 1.77. The topological polar surface area (TPSA) is 55.4 Å². The lowest BCUT2D eigenvalue weighted by molar-refractivity contribution is 0.154. The largest absolute Gasteiger partial charge is 0.444 e. The average molecular weight is 324 g/mol. The molecule has 0 radical (unpaired) electrons. The Balaban J connectivity index is 1.97. The molecule has 1 atom stereocenters. The summed E-state index contributed by atoms with van der Waals surface area (Å²) in [7, 11) is -1.13. The van der Waals surface area contributed by atoms with Crippen LogP contribution in [0.3, 0.4) is 0 Å². The van der Waals surface area contributed by atoms with Gasteiger partial charge in [0.1, 0.15) is 6.61 Å². The number of carbonyl (C=O) groups excluding carboxylic acids is 1. The zero-order valence-corrected chi connectivity index (χ0v) is 12.9. The third-order valence-corrected chi connectivity index (χ3v) is 3.96. The summed E-state index contributed by atoms with van der Waals surface area (Å²) in [6.07, 6.45) is 0.999. The van der Waals surface area contributed by atoms with Gasteiger partial charge in [-0.25, -0.2) is 4.79 Å². The second-order valence-electron chi connectivity index (χ2n) is 4.27. The van der Waals surface area contributed by atoms with Gasteiger partial charge in [0, 0.05) is 27.4 Å². The molecule has 6 heteroatoms. The van der Waals surface area contributed by atoms with Crippen LogP contribution >= 0.6 is 11.6 Å². The normalized spacial score (nSPS) is 11.7. The van der Waals surface area contributed by atoms with Crippen LogP contribution in [0, 0.1) is 0 Å². The summed E-state index contributed by atoms with van der Waals surface area (Å²) in [5, 5.41) is 3.11. The molecule has 2 aromatic rings. The molecule has 0 saturated heterocycles. The number of ether oxygens (including phenoxy) is 1. The highest BCUT2D eigenvalue weighted by atomic mass is 35.5. The number of benzene rings is 2. The number of halogens is 1. The van der Waals surface area contributed by atoms with Crippen molar-refractivity contribution in [2.24, 2.45) is 0 Å².